The predicted molar refractivity (Wildman–Crippen MR) is 107 cm³/mol. The minimum atomic E-state index is 0.223. The lowest BCUT2D eigenvalue weighted by molar-refractivity contribution is -0.919. The summed E-state index contributed by atoms with van der Waals surface area (Å²) >= 11 is 0. The topological polar surface area (TPSA) is 38.0 Å². The molecule has 1 amide bonds. The Hall–Kier alpha value is -2.17. The van der Waals surface area contributed by atoms with E-state index in [0.29, 0.717) is 12.6 Å². The number of likely N-dealkylation sites (tertiary alicyclic amines) is 1. The molecule has 1 fully saturated rings. The van der Waals surface area contributed by atoms with E-state index in [2.05, 4.69) is 59.9 Å². The van der Waals surface area contributed by atoms with E-state index in [9.17, 15) is 4.79 Å². The molecule has 1 atom stereocenters. The van der Waals surface area contributed by atoms with Crippen molar-refractivity contribution in [3.63, 3.8) is 0 Å². The summed E-state index contributed by atoms with van der Waals surface area (Å²) in [5.74, 6) is 0.223. The molecule has 2 aromatic carbocycles. The van der Waals surface area contributed by atoms with Crippen LogP contribution < -0.4 is 15.1 Å². The Kier molecular flexibility index (Phi) is 5.85. The molecule has 0 aromatic heterocycles. The molecule has 27 heavy (non-hydrogen) atoms. The van der Waals surface area contributed by atoms with Crippen molar-refractivity contribution >= 4 is 5.91 Å². The third kappa shape index (κ3) is 4.96. The van der Waals surface area contributed by atoms with Gasteiger partial charge < -0.3 is 15.1 Å². The number of carbonyl (C=O) groups is 1. The number of carbonyl (C=O) groups excluding carboxylic acids is 1. The lowest BCUT2D eigenvalue weighted by Crippen LogP contribution is -3.13. The molecule has 2 aliphatic rings. The van der Waals surface area contributed by atoms with Crippen LogP contribution in [-0.4, -0.2) is 38.1 Å². The molecule has 3 N–H and O–H groups in total. The summed E-state index contributed by atoms with van der Waals surface area (Å²) in [5.41, 5.74) is 4.27. The van der Waals surface area contributed by atoms with Gasteiger partial charge in [-0.3, -0.25) is 4.79 Å². The zero-order valence-electron chi connectivity index (χ0n) is 16.0. The minimum absolute atomic E-state index is 0.223. The monoisotopic (exact) mass is 365 g/mol. The molecule has 0 radical (unpaired) electrons. The third-order valence-corrected chi connectivity index (χ3v) is 6.07. The van der Waals surface area contributed by atoms with Gasteiger partial charge in [0.05, 0.1) is 19.6 Å². The lowest BCUT2D eigenvalue weighted by atomic mass is 10.00. The van der Waals surface area contributed by atoms with Gasteiger partial charge in [0, 0.05) is 36.4 Å². The fourth-order valence-electron chi connectivity index (χ4n) is 4.53. The highest BCUT2D eigenvalue weighted by molar-refractivity contribution is 5.77. The van der Waals surface area contributed by atoms with Crippen molar-refractivity contribution in [1.29, 1.82) is 0 Å². The SMILES string of the molecule is O=C(C[NH+]1CCc2ccccc2C1)NC1CC[NH+](Cc2ccccc2)CC1. The number of fused-ring (bicyclic) bond motifs is 1. The van der Waals surface area contributed by atoms with Crippen molar-refractivity contribution in [1.82, 2.24) is 5.32 Å². The second-order valence-corrected chi connectivity index (χ2v) is 8.13. The second kappa shape index (κ2) is 8.68. The van der Waals surface area contributed by atoms with Crippen LogP contribution in [0.5, 0.6) is 0 Å². The number of amides is 1. The molecule has 2 aromatic rings. The molecule has 0 bridgehead atoms. The predicted octanol–water partition coefficient (Wildman–Crippen LogP) is -0.00870. The molecule has 142 valence electrons. The van der Waals surface area contributed by atoms with Crippen LogP contribution in [0.1, 0.15) is 29.5 Å². The molecule has 1 saturated heterocycles. The Labute approximate surface area is 162 Å². The molecule has 0 spiro atoms. The Morgan fingerprint density at radius 2 is 1.59 bits per heavy atom. The van der Waals surface area contributed by atoms with Gasteiger partial charge in [-0.05, 0) is 5.56 Å². The Bertz CT molecular complexity index is 753. The van der Waals surface area contributed by atoms with Crippen molar-refractivity contribution in [3.8, 4) is 0 Å². The van der Waals surface area contributed by atoms with Crippen LogP contribution in [0, 0.1) is 0 Å². The molecule has 2 heterocycles. The van der Waals surface area contributed by atoms with Crippen molar-refractivity contribution in [2.45, 2.75) is 38.4 Å². The Morgan fingerprint density at radius 3 is 2.37 bits per heavy atom. The molecule has 2 aliphatic heterocycles. The van der Waals surface area contributed by atoms with E-state index in [1.807, 2.05) is 0 Å². The van der Waals surface area contributed by atoms with Gasteiger partial charge in [0.2, 0.25) is 0 Å². The van der Waals surface area contributed by atoms with Crippen LogP contribution in [-0.2, 0) is 24.3 Å². The molecular weight excluding hydrogens is 334 g/mol. The summed E-state index contributed by atoms with van der Waals surface area (Å²) < 4.78 is 0. The second-order valence-electron chi connectivity index (χ2n) is 8.13. The normalized spacial score (nSPS) is 24.8. The largest absolute Gasteiger partial charge is 0.348 e. The van der Waals surface area contributed by atoms with Crippen LogP contribution in [0.2, 0.25) is 0 Å². The molecule has 4 nitrogen and oxygen atoms in total. The lowest BCUT2D eigenvalue weighted by Gasteiger charge is -2.30. The van der Waals surface area contributed by atoms with E-state index in [-0.39, 0.29) is 5.91 Å². The number of rotatable bonds is 5. The first-order valence-electron chi connectivity index (χ1n) is 10.3. The third-order valence-electron chi connectivity index (χ3n) is 6.07. The highest BCUT2D eigenvalue weighted by Crippen LogP contribution is 2.10. The molecule has 0 aliphatic carbocycles. The minimum Gasteiger partial charge on any atom is -0.348 e. The van der Waals surface area contributed by atoms with Crippen molar-refractivity contribution in [2.75, 3.05) is 26.2 Å². The van der Waals surface area contributed by atoms with Crippen LogP contribution >= 0.6 is 0 Å². The van der Waals surface area contributed by atoms with Gasteiger partial charge >= 0.3 is 0 Å². The van der Waals surface area contributed by atoms with Gasteiger partial charge in [-0.2, -0.15) is 0 Å². The van der Waals surface area contributed by atoms with Gasteiger partial charge in [-0.25, -0.2) is 0 Å². The van der Waals surface area contributed by atoms with E-state index in [1.165, 1.54) is 21.6 Å². The molecule has 4 heteroatoms. The smallest absolute Gasteiger partial charge is 0.275 e. The highest BCUT2D eigenvalue weighted by Gasteiger charge is 2.26. The van der Waals surface area contributed by atoms with Crippen molar-refractivity contribution in [3.05, 3.63) is 71.3 Å². The fourth-order valence-corrected chi connectivity index (χ4v) is 4.53. The van der Waals surface area contributed by atoms with Gasteiger partial charge in [-0.1, -0.05) is 54.6 Å². The number of piperidine rings is 1. The van der Waals surface area contributed by atoms with E-state index in [0.717, 1.165) is 52.0 Å². The number of hydrogen-bond acceptors (Lipinski definition) is 1. The van der Waals surface area contributed by atoms with Gasteiger partial charge in [0.1, 0.15) is 13.1 Å². The van der Waals surface area contributed by atoms with Crippen LogP contribution in [0.4, 0.5) is 0 Å². The molecule has 1 unspecified atom stereocenters. The Morgan fingerprint density at radius 1 is 0.889 bits per heavy atom. The quantitative estimate of drug-likeness (QED) is 0.685. The fraction of sp³-hybridized carbons (Fsp3) is 0.435. The maximum absolute atomic E-state index is 12.5. The van der Waals surface area contributed by atoms with E-state index in [4.69, 9.17) is 0 Å². The first-order valence-corrected chi connectivity index (χ1v) is 10.3. The van der Waals surface area contributed by atoms with E-state index in [1.54, 1.807) is 4.90 Å². The van der Waals surface area contributed by atoms with E-state index >= 15 is 0 Å². The van der Waals surface area contributed by atoms with Crippen molar-refractivity contribution in [2.24, 2.45) is 0 Å². The highest BCUT2D eigenvalue weighted by atomic mass is 16.2. The summed E-state index contributed by atoms with van der Waals surface area (Å²) in [4.78, 5) is 15.5. The van der Waals surface area contributed by atoms with Gasteiger partial charge in [0.15, 0.2) is 6.54 Å². The van der Waals surface area contributed by atoms with Gasteiger partial charge in [-0.15, -0.1) is 0 Å². The average Bonchev–Trinajstić information content (AvgIpc) is 2.70. The first-order chi connectivity index (χ1) is 13.3. The van der Waals surface area contributed by atoms with Crippen LogP contribution in [0.3, 0.4) is 0 Å². The van der Waals surface area contributed by atoms with Crippen molar-refractivity contribution < 1.29 is 14.6 Å². The van der Waals surface area contributed by atoms with Crippen LogP contribution in [0.25, 0.3) is 0 Å². The standard InChI is InChI=1S/C23H29N3O/c27-23(18-26-13-10-20-8-4-5-9-21(20)17-26)24-22-11-14-25(15-12-22)16-19-6-2-1-3-7-19/h1-9,22H,10-18H2,(H,24,27)/p+2. The number of hydrogen-bond donors (Lipinski definition) is 3. The molecular formula is C23H31N3O+2. The summed E-state index contributed by atoms with van der Waals surface area (Å²) in [5, 5.41) is 3.30. The van der Waals surface area contributed by atoms with Gasteiger partial charge in [0.25, 0.3) is 5.91 Å². The Balaban J connectivity index is 1.20. The first kappa shape index (κ1) is 18.2. The average molecular weight is 366 g/mol. The zero-order valence-corrected chi connectivity index (χ0v) is 16.0. The van der Waals surface area contributed by atoms with E-state index < -0.39 is 0 Å². The zero-order chi connectivity index (χ0) is 18.5. The summed E-state index contributed by atoms with van der Waals surface area (Å²) in [6.45, 7) is 6.02. The maximum atomic E-state index is 12.5. The van der Waals surface area contributed by atoms with Crippen LogP contribution in [0.15, 0.2) is 54.6 Å². The number of benzene rings is 2. The summed E-state index contributed by atoms with van der Waals surface area (Å²) in [6.07, 6.45) is 3.26. The summed E-state index contributed by atoms with van der Waals surface area (Å²) in [6, 6.07) is 19.7. The number of nitrogens with one attached hydrogen (secondary N) is 3. The summed E-state index contributed by atoms with van der Waals surface area (Å²) in [7, 11) is 0. The molecule has 0 saturated carbocycles. The maximum Gasteiger partial charge on any atom is 0.275 e. The number of quaternary nitrogens is 2. The molecule has 4 rings (SSSR count).